The van der Waals surface area contributed by atoms with Crippen molar-refractivity contribution in [2.24, 2.45) is 5.41 Å². The first-order valence-electron chi connectivity index (χ1n) is 6.24. The van der Waals surface area contributed by atoms with Gasteiger partial charge in [-0.25, -0.2) is 4.79 Å². The van der Waals surface area contributed by atoms with Crippen molar-refractivity contribution in [1.29, 1.82) is 0 Å². The van der Waals surface area contributed by atoms with Gasteiger partial charge in [0.2, 0.25) is 6.29 Å². The van der Waals surface area contributed by atoms with Crippen molar-refractivity contribution >= 4 is 5.97 Å². The van der Waals surface area contributed by atoms with E-state index in [4.69, 9.17) is 14.2 Å². The maximum absolute atomic E-state index is 11.7. The summed E-state index contributed by atoms with van der Waals surface area (Å²) in [5, 5.41) is 0. The van der Waals surface area contributed by atoms with Gasteiger partial charge in [0, 0.05) is 12.5 Å². The van der Waals surface area contributed by atoms with E-state index in [-0.39, 0.29) is 12.0 Å². The number of carbonyl (C=O) groups excluding carboxylic acids is 1. The average molecular weight is 266 g/mol. The molecular weight excluding hydrogens is 244 g/mol. The van der Waals surface area contributed by atoms with Gasteiger partial charge >= 0.3 is 5.97 Å². The number of esters is 1. The van der Waals surface area contributed by atoms with E-state index in [0.717, 1.165) is 5.56 Å². The summed E-state index contributed by atoms with van der Waals surface area (Å²) < 4.78 is 15.8. The zero-order valence-electron chi connectivity index (χ0n) is 12.2. The Kier molecular flexibility index (Phi) is 5.36. The summed E-state index contributed by atoms with van der Waals surface area (Å²) in [6.45, 7) is 7.66. The number of rotatable bonds is 5. The summed E-state index contributed by atoms with van der Waals surface area (Å²) >= 11 is 0. The molecule has 0 N–H and O–H groups in total. The Bertz CT molecular complexity index is 420. The van der Waals surface area contributed by atoms with Crippen molar-refractivity contribution in [1.82, 2.24) is 0 Å². The second-order valence-electron chi connectivity index (χ2n) is 5.53. The number of methoxy groups -OCH3 is 1. The highest BCUT2D eigenvalue weighted by molar-refractivity contribution is 5.71. The minimum atomic E-state index is -0.582. The van der Waals surface area contributed by atoms with Crippen molar-refractivity contribution in [3.63, 3.8) is 0 Å². The van der Waals surface area contributed by atoms with E-state index >= 15 is 0 Å². The van der Waals surface area contributed by atoms with E-state index < -0.39 is 12.3 Å². The molecule has 0 spiro atoms. The van der Waals surface area contributed by atoms with Crippen LogP contribution in [0.3, 0.4) is 0 Å². The summed E-state index contributed by atoms with van der Waals surface area (Å²) in [5.74, 6) is 0.213. The lowest BCUT2D eigenvalue weighted by atomic mass is 9.96. The minimum absolute atomic E-state index is 0.126. The molecule has 1 unspecified atom stereocenters. The Morgan fingerprint density at radius 2 is 2.00 bits per heavy atom. The molecule has 0 fully saturated rings. The molecule has 1 rings (SSSR count). The number of aryl methyl sites for hydroxylation is 1. The zero-order chi connectivity index (χ0) is 14.5. The molecule has 0 radical (unpaired) electrons. The van der Waals surface area contributed by atoms with E-state index in [1.54, 1.807) is 6.07 Å². The second kappa shape index (κ2) is 6.57. The van der Waals surface area contributed by atoms with Gasteiger partial charge in [-0.1, -0.05) is 32.9 Å². The van der Waals surface area contributed by atoms with Gasteiger partial charge in [0.15, 0.2) is 6.61 Å². The van der Waals surface area contributed by atoms with Crippen LogP contribution in [0.5, 0.6) is 5.75 Å². The molecular formula is C15H22O4. The summed E-state index contributed by atoms with van der Waals surface area (Å²) in [6, 6.07) is 7.51. The Morgan fingerprint density at radius 1 is 1.32 bits per heavy atom. The number of benzene rings is 1. The first-order valence-corrected chi connectivity index (χ1v) is 6.24. The summed E-state index contributed by atoms with van der Waals surface area (Å²) in [7, 11) is 1.52. The Balaban J connectivity index is 2.48. The van der Waals surface area contributed by atoms with Crippen molar-refractivity contribution < 1.29 is 19.0 Å². The maximum Gasteiger partial charge on any atom is 0.346 e. The molecule has 0 aromatic heterocycles. The summed E-state index contributed by atoms with van der Waals surface area (Å²) in [4.78, 5) is 11.7. The van der Waals surface area contributed by atoms with E-state index in [1.165, 1.54) is 7.11 Å². The number of hydrogen-bond acceptors (Lipinski definition) is 4. The molecule has 19 heavy (non-hydrogen) atoms. The molecule has 4 nitrogen and oxygen atoms in total. The molecule has 0 saturated heterocycles. The number of ether oxygens (including phenoxy) is 3. The van der Waals surface area contributed by atoms with E-state index in [1.807, 2.05) is 45.9 Å². The van der Waals surface area contributed by atoms with E-state index in [2.05, 4.69) is 0 Å². The predicted octanol–water partition coefficient (Wildman–Crippen LogP) is 2.94. The van der Waals surface area contributed by atoms with Crippen LogP contribution in [-0.4, -0.2) is 26.0 Å². The lowest BCUT2D eigenvalue weighted by Crippen LogP contribution is -2.34. The summed E-state index contributed by atoms with van der Waals surface area (Å²) in [6.07, 6.45) is -0.582. The van der Waals surface area contributed by atoms with Crippen molar-refractivity contribution in [2.45, 2.75) is 34.0 Å². The lowest BCUT2D eigenvalue weighted by molar-refractivity contribution is -0.197. The Morgan fingerprint density at radius 3 is 2.53 bits per heavy atom. The highest BCUT2D eigenvalue weighted by Gasteiger charge is 2.28. The molecule has 0 aliphatic rings. The van der Waals surface area contributed by atoms with Crippen LogP contribution in [0, 0.1) is 12.3 Å². The third kappa shape index (κ3) is 5.30. The number of hydrogen-bond donors (Lipinski definition) is 0. The largest absolute Gasteiger partial charge is 0.482 e. The molecule has 1 aromatic rings. The minimum Gasteiger partial charge on any atom is -0.482 e. The highest BCUT2D eigenvalue weighted by atomic mass is 16.7. The smallest absolute Gasteiger partial charge is 0.346 e. The molecule has 1 aromatic carbocycles. The maximum atomic E-state index is 11.7. The van der Waals surface area contributed by atoms with E-state index in [0.29, 0.717) is 5.75 Å². The van der Waals surface area contributed by atoms with Crippen LogP contribution in [0.1, 0.15) is 26.3 Å². The molecule has 0 aliphatic carbocycles. The Hall–Kier alpha value is -1.55. The third-order valence-corrected chi connectivity index (χ3v) is 2.51. The van der Waals surface area contributed by atoms with Gasteiger partial charge in [-0.3, -0.25) is 0 Å². The molecule has 1 atom stereocenters. The van der Waals surface area contributed by atoms with Gasteiger partial charge in [-0.2, -0.15) is 0 Å². The van der Waals surface area contributed by atoms with Crippen LogP contribution < -0.4 is 4.74 Å². The second-order valence-corrected chi connectivity index (χ2v) is 5.53. The van der Waals surface area contributed by atoms with Gasteiger partial charge in [0.05, 0.1) is 0 Å². The van der Waals surface area contributed by atoms with Crippen molar-refractivity contribution in [2.75, 3.05) is 13.7 Å². The van der Waals surface area contributed by atoms with Gasteiger partial charge in [-0.05, 0) is 24.6 Å². The zero-order valence-corrected chi connectivity index (χ0v) is 12.2. The average Bonchev–Trinajstić information content (AvgIpc) is 2.32. The van der Waals surface area contributed by atoms with Gasteiger partial charge in [-0.15, -0.1) is 0 Å². The van der Waals surface area contributed by atoms with Crippen LogP contribution in [0.15, 0.2) is 24.3 Å². The quantitative estimate of drug-likeness (QED) is 0.607. The monoisotopic (exact) mass is 266 g/mol. The fourth-order valence-electron chi connectivity index (χ4n) is 1.58. The first-order chi connectivity index (χ1) is 8.82. The van der Waals surface area contributed by atoms with Crippen LogP contribution in [0.25, 0.3) is 0 Å². The van der Waals surface area contributed by atoms with Crippen molar-refractivity contribution in [3.8, 4) is 5.75 Å². The van der Waals surface area contributed by atoms with Crippen molar-refractivity contribution in [3.05, 3.63) is 29.8 Å². The predicted molar refractivity (Wildman–Crippen MR) is 73.0 cm³/mol. The Labute approximate surface area is 114 Å². The third-order valence-electron chi connectivity index (χ3n) is 2.51. The highest BCUT2D eigenvalue weighted by Crippen LogP contribution is 2.22. The first kappa shape index (κ1) is 15.5. The van der Waals surface area contributed by atoms with Gasteiger partial charge < -0.3 is 14.2 Å². The molecule has 106 valence electrons. The molecule has 0 amide bonds. The molecule has 0 bridgehead atoms. The standard InChI is InChI=1S/C15H22O4/c1-11-7-6-8-12(9-11)18-10-13(16)19-14(17-5)15(2,3)4/h6-9,14H,10H2,1-5H3. The summed E-state index contributed by atoms with van der Waals surface area (Å²) in [5.41, 5.74) is 0.809. The SMILES string of the molecule is COC(OC(=O)COc1cccc(C)c1)C(C)(C)C. The van der Waals surface area contributed by atoms with E-state index in [9.17, 15) is 4.79 Å². The molecule has 0 heterocycles. The fraction of sp³-hybridized carbons (Fsp3) is 0.533. The normalized spacial score (nSPS) is 12.9. The fourth-order valence-corrected chi connectivity index (χ4v) is 1.58. The lowest BCUT2D eigenvalue weighted by Gasteiger charge is -2.28. The van der Waals surface area contributed by atoms with Crippen LogP contribution >= 0.6 is 0 Å². The number of carbonyl (C=O) groups is 1. The topological polar surface area (TPSA) is 44.8 Å². The molecule has 4 heteroatoms. The van der Waals surface area contributed by atoms with Crippen LogP contribution in [0.2, 0.25) is 0 Å². The molecule has 0 aliphatic heterocycles. The van der Waals surface area contributed by atoms with Gasteiger partial charge in [0.25, 0.3) is 0 Å². The van der Waals surface area contributed by atoms with Gasteiger partial charge in [0.1, 0.15) is 5.75 Å². The van der Waals surface area contributed by atoms with Crippen LogP contribution in [0.4, 0.5) is 0 Å². The van der Waals surface area contributed by atoms with Crippen LogP contribution in [-0.2, 0) is 14.3 Å². The molecule has 0 saturated carbocycles.